The Labute approximate surface area is 214 Å². The second-order valence-corrected chi connectivity index (χ2v) is 10.9. The number of aromatic nitrogens is 4. The Morgan fingerprint density at radius 1 is 1.16 bits per heavy atom. The molecule has 2 aliphatic heterocycles. The van der Waals surface area contributed by atoms with Crippen molar-refractivity contribution in [2.45, 2.75) is 42.1 Å². The summed E-state index contributed by atoms with van der Waals surface area (Å²) in [7, 11) is 0. The molecule has 3 aromatic rings. The third-order valence-corrected chi connectivity index (χ3v) is 7.93. The highest BCUT2D eigenvalue weighted by molar-refractivity contribution is 8.01. The first-order valence-corrected chi connectivity index (χ1v) is 12.2. The molecule has 2 aromatic carbocycles. The van der Waals surface area contributed by atoms with Crippen LogP contribution in [0.5, 0.6) is 0 Å². The van der Waals surface area contributed by atoms with Gasteiger partial charge in [0.2, 0.25) is 11.8 Å². The molecule has 0 spiro atoms. The van der Waals surface area contributed by atoms with E-state index in [-0.39, 0.29) is 22.5 Å². The molecule has 1 aromatic heterocycles. The number of nitrogens with one attached hydrogen (secondary N) is 3. The Morgan fingerprint density at radius 3 is 2.49 bits per heavy atom. The SMILES string of the molecule is CC1(C)S[C@@H]2C(NC(=O)[C@H](NC(=O)c3ccc([N+](=O)[O-])cc3)c3ccccc3)C(=O)N2C1c1nn[nH]n1. The number of fused-ring (bicyclic) bond motifs is 1. The fourth-order valence-corrected chi connectivity index (χ4v) is 6.21. The molecule has 3 amide bonds. The van der Waals surface area contributed by atoms with E-state index >= 15 is 0 Å². The number of H-pyrrole nitrogens is 1. The number of tetrazole rings is 1. The minimum Gasteiger partial charge on any atom is -0.340 e. The minimum absolute atomic E-state index is 0.154. The summed E-state index contributed by atoms with van der Waals surface area (Å²) in [6.07, 6.45) is 0. The van der Waals surface area contributed by atoms with Gasteiger partial charge in [0.25, 0.3) is 11.6 Å². The first kappa shape index (κ1) is 24.4. The maximum Gasteiger partial charge on any atom is 0.269 e. The summed E-state index contributed by atoms with van der Waals surface area (Å²) in [5.74, 6) is -1.02. The number of amides is 3. The monoisotopic (exact) mass is 522 g/mol. The maximum atomic E-state index is 13.4. The Bertz CT molecular complexity index is 1350. The number of carbonyl (C=O) groups excluding carboxylic acids is 3. The van der Waals surface area contributed by atoms with Gasteiger partial charge in [0.05, 0.1) is 4.92 Å². The summed E-state index contributed by atoms with van der Waals surface area (Å²) in [6, 6.07) is 11.4. The molecule has 0 bridgehead atoms. The molecule has 5 rings (SSSR count). The first-order chi connectivity index (χ1) is 17.7. The molecule has 0 aliphatic carbocycles. The normalized spacial score (nSPS) is 22.5. The quantitative estimate of drug-likeness (QED) is 0.236. The zero-order chi connectivity index (χ0) is 26.3. The van der Waals surface area contributed by atoms with E-state index in [2.05, 4.69) is 31.3 Å². The molecule has 3 heterocycles. The number of nitro groups is 1. The molecule has 2 saturated heterocycles. The van der Waals surface area contributed by atoms with Gasteiger partial charge in [-0.25, -0.2) is 0 Å². The summed E-state index contributed by atoms with van der Waals surface area (Å²) in [5, 5.41) is 30.2. The summed E-state index contributed by atoms with van der Waals surface area (Å²) in [6.45, 7) is 3.95. The zero-order valence-electron chi connectivity index (χ0n) is 19.7. The van der Waals surface area contributed by atoms with Crippen molar-refractivity contribution in [2.24, 2.45) is 0 Å². The van der Waals surface area contributed by atoms with E-state index in [9.17, 15) is 24.5 Å². The van der Waals surface area contributed by atoms with E-state index < -0.39 is 39.6 Å². The van der Waals surface area contributed by atoms with Crippen LogP contribution in [0.2, 0.25) is 0 Å². The Morgan fingerprint density at radius 2 is 1.86 bits per heavy atom. The van der Waals surface area contributed by atoms with Gasteiger partial charge < -0.3 is 15.5 Å². The Kier molecular flexibility index (Phi) is 6.11. The lowest BCUT2D eigenvalue weighted by Gasteiger charge is -2.44. The minimum atomic E-state index is -1.10. The van der Waals surface area contributed by atoms with Crippen LogP contribution in [0.4, 0.5) is 5.69 Å². The van der Waals surface area contributed by atoms with E-state index in [1.165, 1.54) is 36.0 Å². The van der Waals surface area contributed by atoms with Crippen LogP contribution >= 0.6 is 11.8 Å². The summed E-state index contributed by atoms with van der Waals surface area (Å²) < 4.78 is -0.424. The van der Waals surface area contributed by atoms with E-state index in [1.807, 2.05) is 13.8 Å². The number of carbonyl (C=O) groups is 3. The highest BCUT2D eigenvalue weighted by Crippen LogP contribution is 2.56. The van der Waals surface area contributed by atoms with Gasteiger partial charge in [0.15, 0.2) is 5.82 Å². The van der Waals surface area contributed by atoms with Crippen LogP contribution in [0.3, 0.4) is 0 Å². The largest absolute Gasteiger partial charge is 0.340 e. The lowest BCUT2D eigenvalue weighted by Crippen LogP contribution is -2.68. The third-order valence-electron chi connectivity index (χ3n) is 6.36. The second-order valence-electron chi connectivity index (χ2n) is 9.14. The molecule has 0 saturated carbocycles. The molecule has 2 unspecified atom stereocenters. The highest BCUT2D eigenvalue weighted by Gasteiger charge is 2.63. The average molecular weight is 523 g/mol. The van der Waals surface area contributed by atoms with Crippen molar-refractivity contribution in [2.75, 3.05) is 0 Å². The number of hydrogen-bond donors (Lipinski definition) is 3. The van der Waals surface area contributed by atoms with Gasteiger partial charge in [-0.05, 0) is 31.5 Å². The van der Waals surface area contributed by atoms with Crippen LogP contribution in [-0.2, 0) is 9.59 Å². The lowest BCUT2D eigenvalue weighted by atomic mass is 9.95. The van der Waals surface area contributed by atoms with Crippen LogP contribution in [-0.4, -0.2) is 64.3 Å². The number of nitro benzene ring substituents is 1. The van der Waals surface area contributed by atoms with Gasteiger partial charge in [-0.3, -0.25) is 24.5 Å². The molecule has 13 nitrogen and oxygen atoms in total. The van der Waals surface area contributed by atoms with E-state index in [0.717, 1.165) is 0 Å². The highest BCUT2D eigenvalue weighted by atomic mass is 32.2. The van der Waals surface area contributed by atoms with Gasteiger partial charge in [0.1, 0.15) is 23.5 Å². The summed E-state index contributed by atoms with van der Waals surface area (Å²) in [5.41, 5.74) is 0.516. The number of hydrogen-bond acceptors (Lipinski definition) is 9. The molecular formula is C23H22N8O5S. The van der Waals surface area contributed by atoms with Crippen LogP contribution in [0.25, 0.3) is 0 Å². The predicted octanol–water partition coefficient (Wildman–Crippen LogP) is 1.50. The topological polar surface area (TPSA) is 176 Å². The smallest absolute Gasteiger partial charge is 0.269 e. The number of rotatable bonds is 7. The van der Waals surface area contributed by atoms with Gasteiger partial charge >= 0.3 is 0 Å². The van der Waals surface area contributed by atoms with Crippen molar-refractivity contribution < 1.29 is 19.3 Å². The fraction of sp³-hybridized carbons (Fsp3) is 0.304. The van der Waals surface area contributed by atoms with Crippen molar-refractivity contribution >= 4 is 35.2 Å². The maximum absolute atomic E-state index is 13.4. The molecule has 3 N–H and O–H groups in total. The van der Waals surface area contributed by atoms with E-state index in [0.29, 0.717) is 11.4 Å². The molecule has 0 radical (unpaired) electrons. The molecule has 2 aliphatic rings. The van der Waals surface area contributed by atoms with Gasteiger partial charge in [-0.15, -0.1) is 22.0 Å². The second kappa shape index (κ2) is 9.28. The first-order valence-electron chi connectivity index (χ1n) is 11.3. The molecular weight excluding hydrogens is 500 g/mol. The van der Waals surface area contributed by atoms with Gasteiger partial charge in [-0.1, -0.05) is 35.5 Å². The van der Waals surface area contributed by atoms with Gasteiger partial charge in [-0.2, -0.15) is 5.21 Å². The predicted molar refractivity (Wildman–Crippen MR) is 131 cm³/mol. The Balaban J connectivity index is 1.34. The fourth-order valence-electron chi connectivity index (χ4n) is 4.58. The van der Waals surface area contributed by atoms with Crippen LogP contribution < -0.4 is 10.6 Å². The van der Waals surface area contributed by atoms with Crippen LogP contribution in [0.15, 0.2) is 54.6 Å². The molecule has 14 heteroatoms. The Hall–Kier alpha value is -4.33. The number of aromatic amines is 1. The van der Waals surface area contributed by atoms with Crippen LogP contribution in [0, 0.1) is 10.1 Å². The molecule has 37 heavy (non-hydrogen) atoms. The molecule has 2 fully saturated rings. The number of thioether (sulfide) groups is 1. The number of non-ortho nitro benzene ring substituents is 1. The average Bonchev–Trinajstić information content (AvgIpc) is 3.50. The summed E-state index contributed by atoms with van der Waals surface area (Å²) in [4.78, 5) is 51.5. The van der Waals surface area contributed by atoms with Crippen LogP contribution in [0.1, 0.15) is 47.7 Å². The molecule has 4 atom stereocenters. The number of benzene rings is 2. The van der Waals surface area contributed by atoms with Crippen molar-refractivity contribution in [3.8, 4) is 0 Å². The van der Waals surface area contributed by atoms with E-state index in [4.69, 9.17) is 0 Å². The standard InChI is InChI=1S/C23H22N8O5S/c1-23(2)17(18-26-28-29-27-18)30-21(34)16(22(30)37-23)25-20(33)15(12-6-4-3-5-7-12)24-19(32)13-8-10-14(11-9-13)31(35)36/h3-11,15-17,22H,1-2H3,(H,24,32)(H,25,33)(H,26,27,28,29)/t15-,16?,17?,22-/m1/s1. The third kappa shape index (κ3) is 4.39. The van der Waals surface area contributed by atoms with Crippen molar-refractivity contribution in [1.82, 2.24) is 36.2 Å². The number of nitrogens with zero attached hydrogens (tertiary/aromatic N) is 5. The van der Waals surface area contributed by atoms with E-state index in [1.54, 1.807) is 35.2 Å². The lowest BCUT2D eigenvalue weighted by molar-refractivity contribution is -0.384. The van der Waals surface area contributed by atoms with Gasteiger partial charge in [0, 0.05) is 22.4 Å². The summed E-state index contributed by atoms with van der Waals surface area (Å²) >= 11 is 1.53. The zero-order valence-corrected chi connectivity index (χ0v) is 20.5. The molecule has 190 valence electrons. The van der Waals surface area contributed by atoms with Crippen molar-refractivity contribution in [3.63, 3.8) is 0 Å². The van der Waals surface area contributed by atoms with Crippen molar-refractivity contribution in [1.29, 1.82) is 0 Å². The number of β-lactam (4-membered cyclic amide) rings is 1. The van der Waals surface area contributed by atoms with Crippen molar-refractivity contribution in [3.05, 3.63) is 81.7 Å².